The van der Waals surface area contributed by atoms with Gasteiger partial charge in [0.05, 0.1) is 18.1 Å². The van der Waals surface area contributed by atoms with Gasteiger partial charge in [-0.1, -0.05) is 42.2 Å². The molecule has 0 radical (unpaired) electrons. The molecule has 1 fully saturated rings. The average molecular weight is 414 g/mol. The summed E-state index contributed by atoms with van der Waals surface area (Å²) in [6.45, 7) is 5.33. The number of hydrogen-bond donors (Lipinski definition) is 0. The van der Waals surface area contributed by atoms with Gasteiger partial charge in [-0.25, -0.2) is 0 Å². The van der Waals surface area contributed by atoms with Crippen molar-refractivity contribution in [3.63, 3.8) is 0 Å². The number of thioether (sulfide) groups is 1. The van der Waals surface area contributed by atoms with E-state index in [0.717, 1.165) is 23.5 Å². The highest BCUT2D eigenvalue weighted by Crippen LogP contribution is 2.31. The van der Waals surface area contributed by atoms with Gasteiger partial charge in [0.1, 0.15) is 15.8 Å². The summed E-state index contributed by atoms with van der Waals surface area (Å²) in [6.07, 6.45) is 2.63. The molecule has 1 aliphatic rings. The minimum Gasteiger partial charge on any atom is -0.493 e. The molecule has 1 amide bonds. The highest BCUT2D eigenvalue weighted by atomic mass is 32.2. The number of benzene rings is 2. The number of carbonyl (C=O) groups excluding carboxylic acids is 1. The van der Waals surface area contributed by atoms with E-state index in [-0.39, 0.29) is 5.91 Å². The van der Waals surface area contributed by atoms with Crippen LogP contribution in [0.5, 0.6) is 11.5 Å². The third-order valence-corrected chi connectivity index (χ3v) is 5.93. The third kappa shape index (κ3) is 5.14. The first-order chi connectivity index (χ1) is 13.4. The second kappa shape index (κ2) is 9.26. The summed E-state index contributed by atoms with van der Waals surface area (Å²) in [4.78, 5) is 14.2. The van der Waals surface area contributed by atoms with Crippen molar-refractivity contribution in [3.05, 3.63) is 64.1 Å². The molecule has 0 spiro atoms. The molecule has 0 saturated carbocycles. The van der Waals surface area contributed by atoms with Crippen molar-refractivity contribution in [2.75, 3.05) is 20.3 Å². The van der Waals surface area contributed by atoms with Crippen LogP contribution in [0.15, 0.2) is 47.4 Å². The van der Waals surface area contributed by atoms with Gasteiger partial charge in [0.25, 0.3) is 5.91 Å². The Bertz CT molecular complexity index is 924. The molecule has 3 rings (SSSR count). The van der Waals surface area contributed by atoms with Crippen LogP contribution < -0.4 is 9.47 Å². The number of aryl methyl sites for hydroxylation is 2. The van der Waals surface area contributed by atoms with Crippen molar-refractivity contribution in [2.24, 2.45) is 0 Å². The van der Waals surface area contributed by atoms with Gasteiger partial charge >= 0.3 is 0 Å². The van der Waals surface area contributed by atoms with Gasteiger partial charge in [-0.05, 0) is 60.9 Å². The lowest BCUT2D eigenvalue weighted by atomic mass is 10.1. The number of rotatable bonds is 7. The lowest BCUT2D eigenvalue weighted by Crippen LogP contribution is -2.22. The Labute approximate surface area is 175 Å². The maximum absolute atomic E-state index is 12.1. The zero-order valence-corrected chi connectivity index (χ0v) is 17.9. The van der Waals surface area contributed by atoms with Crippen molar-refractivity contribution >= 4 is 40.3 Å². The maximum atomic E-state index is 12.1. The fourth-order valence-electron chi connectivity index (χ4n) is 2.63. The van der Waals surface area contributed by atoms with E-state index >= 15 is 0 Å². The van der Waals surface area contributed by atoms with Crippen LogP contribution in [0.1, 0.15) is 23.1 Å². The van der Waals surface area contributed by atoms with E-state index in [2.05, 4.69) is 26.0 Å². The summed E-state index contributed by atoms with van der Waals surface area (Å²) in [6, 6.07) is 13.8. The number of hydrogen-bond acceptors (Lipinski definition) is 5. The molecule has 6 heteroatoms. The topological polar surface area (TPSA) is 38.8 Å². The predicted octanol–water partition coefficient (Wildman–Crippen LogP) is 4.98. The van der Waals surface area contributed by atoms with E-state index in [9.17, 15) is 4.79 Å². The zero-order chi connectivity index (χ0) is 20.1. The molecule has 0 bridgehead atoms. The number of nitrogens with zero attached hydrogens (tertiary/aromatic N) is 1. The average Bonchev–Trinajstić information content (AvgIpc) is 2.91. The molecule has 0 atom stereocenters. The van der Waals surface area contributed by atoms with Crippen LogP contribution >= 0.6 is 24.0 Å². The number of carbonyl (C=O) groups is 1. The standard InChI is InChI=1S/C22H23NO3S2/c1-15-8-9-19(12-16(15)2)26-11-5-10-25-18-7-4-6-17(13-18)14-20-21(24)23(3)22(27)28-20/h4,6-9,12-14H,5,10-11H2,1-3H3. The van der Waals surface area contributed by atoms with Gasteiger partial charge in [-0.3, -0.25) is 9.69 Å². The lowest BCUT2D eigenvalue weighted by Gasteiger charge is -2.10. The van der Waals surface area contributed by atoms with Gasteiger partial charge in [0.15, 0.2) is 0 Å². The van der Waals surface area contributed by atoms with Crippen LogP contribution in [0, 0.1) is 13.8 Å². The third-order valence-electron chi connectivity index (χ3n) is 4.45. The van der Waals surface area contributed by atoms with E-state index in [1.165, 1.54) is 27.8 Å². The van der Waals surface area contributed by atoms with Gasteiger partial charge in [-0.2, -0.15) is 0 Å². The summed E-state index contributed by atoms with van der Waals surface area (Å²) in [7, 11) is 1.69. The monoisotopic (exact) mass is 413 g/mol. The second-order valence-electron chi connectivity index (χ2n) is 6.61. The first-order valence-corrected chi connectivity index (χ1v) is 10.3. The van der Waals surface area contributed by atoms with E-state index in [1.807, 2.05) is 36.4 Å². The highest BCUT2D eigenvalue weighted by molar-refractivity contribution is 8.26. The molecule has 2 aromatic carbocycles. The van der Waals surface area contributed by atoms with Crippen molar-refractivity contribution in [1.29, 1.82) is 0 Å². The number of ether oxygens (including phenoxy) is 2. The molecular formula is C22H23NO3S2. The molecule has 28 heavy (non-hydrogen) atoms. The summed E-state index contributed by atoms with van der Waals surface area (Å²) in [5.74, 6) is 1.59. The molecule has 1 heterocycles. The first kappa shape index (κ1) is 20.4. The number of thiocarbonyl (C=S) groups is 1. The van der Waals surface area contributed by atoms with Crippen LogP contribution in [0.2, 0.25) is 0 Å². The summed E-state index contributed by atoms with van der Waals surface area (Å²) in [5, 5.41) is 0. The van der Waals surface area contributed by atoms with E-state index in [0.29, 0.717) is 22.4 Å². The van der Waals surface area contributed by atoms with Crippen LogP contribution in [0.25, 0.3) is 6.08 Å². The summed E-state index contributed by atoms with van der Waals surface area (Å²) >= 11 is 6.48. The largest absolute Gasteiger partial charge is 0.493 e. The van der Waals surface area contributed by atoms with Gasteiger partial charge in [0, 0.05) is 13.5 Å². The van der Waals surface area contributed by atoms with Crippen LogP contribution in [0.4, 0.5) is 0 Å². The fraction of sp³-hybridized carbons (Fsp3) is 0.273. The maximum Gasteiger partial charge on any atom is 0.265 e. The Morgan fingerprint density at radius 2 is 1.75 bits per heavy atom. The molecular weight excluding hydrogens is 390 g/mol. The molecule has 0 aliphatic carbocycles. The predicted molar refractivity (Wildman–Crippen MR) is 119 cm³/mol. The van der Waals surface area contributed by atoms with Gasteiger partial charge in [-0.15, -0.1) is 0 Å². The smallest absolute Gasteiger partial charge is 0.265 e. The quantitative estimate of drug-likeness (QED) is 0.364. The number of likely N-dealkylation sites (N-methyl/N-ethyl adjacent to an activating group) is 1. The molecule has 146 valence electrons. The molecule has 0 N–H and O–H groups in total. The Kier molecular flexibility index (Phi) is 6.75. The van der Waals surface area contributed by atoms with E-state index in [4.69, 9.17) is 21.7 Å². The summed E-state index contributed by atoms with van der Waals surface area (Å²) < 4.78 is 12.2. The SMILES string of the molecule is Cc1ccc(OCCCOc2cccc(C=C3SC(=S)N(C)C3=O)c2)cc1C. The van der Waals surface area contributed by atoms with Crippen molar-refractivity contribution in [3.8, 4) is 11.5 Å². The van der Waals surface area contributed by atoms with Crippen LogP contribution in [-0.2, 0) is 4.79 Å². The van der Waals surface area contributed by atoms with E-state index in [1.54, 1.807) is 7.05 Å². The minimum atomic E-state index is -0.0650. The number of amides is 1. The van der Waals surface area contributed by atoms with Gasteiger partial charge in [0.2, 0.25) is 0 Å². The highest BCUT2D eigenvalue weighted by Gasteiger charge is 2.28. The molecule has 4 nitrogen and oxygen atoms in total. The Hall–Kier alpha value is -2.31. The molecule has 2 aromatic rings. The van der Waals surface area contributed by atoms with Gasteiger partial charge < -0.3 is 9.47 Å². The zero-order valence-electron chi connectivity index (χ0n) is 16.2. The Morgan fingerprint density at radius 1 is 1.04 bits per heavy atom. The van der Waals surface area contributed by atoms with Crippen molar-refractivity contribution in [2.45, 2.75) is 20.3 Å². The summed E-state index contributed by atoms with van der Waals surface area (Å²) in [5.41, 5.74) is 3.40. The van der Waals surface area contributed by atoms with Crippen molar-refractivity contribution < 1.29 is 14.3 Å². The fourth-order valence-corrected chi connectivity index (χ4v) is 3.81. The molecule has 0 unspecified atom stereocenters. The Morgan fingerprint density at radius 3 is 2.39 bits per heavy atom. The first-order valence-electron chi connectivity index (χ1n) is 9.08. The van der Waals surface area contributed by atoms with Crippen LogP contribution in [0.3, 0.4) is 0 Å². The van der Waals surface area contributed by atoms with Crippen molar-refractivity contribution in [1.82, 2.24) is 4.90 Å². The minimum absolute atomic E-state index is 0.0650. The Balaban J connectivity index is 1.49. The normalized spacial score (nSPS) is 15.4. The lowest BCUT2D eigenvalue weighted by molar-refractivity contribution is -0.121. The molecule has 0 aromatic heterocycles. The molecule has 1 saturated heterocycles. The van der Waals surface area contributed by atoms with Crippen LogP contribution in [-0.4, -0.2) is 35.4 Å². The molecule has 1 aliphatic heterocycles. The second-order valence-corrected chi connectivity index (χ2v) is 8.29. The van der Waals surface area contributed by atoms with E-state index < -0.39 is 0 Å².